The van der Waals surface area contributed by atoms with Crippen molar-refractivity contribution in [2.24, 2.45) is 0 Å². The largest absolute Gasteiger partial charge is 0.376 e. The Morgan fingerprint density at radius 3 is 2.22 bits per heavy atom. The van der Waals surface area contributed by atoms with Crippen LogP contribution in [-0.4, -0.2) is 12.5 Å². The molecule has 0 unspecified atom stereocenters. The van der Waals surface area contributed by atoms with Gasteiger partial charge in [-0.3, -0.25) is 4.79 Å². The van der Waals surface area contributed by atoms with Crippen LogP contribution in [0.5, 0.6) is 0 Å². The summed E-state index contributed by atoms with van der Waals surface area (Å²) in [5.41, 5.74) is 3.49. The summed E-state index contributed by atoms with van der Waals surface area (Å²) < 4.78 is 26.0. The Balaban J connectivity index is 2.03. The maximum atomic E-state index is 13.1. The van der Waals surface area contributed by atoms with Crippen molar-refractivity contribution in [2.45, 2.75) is 26.7 Å². The Morgan fingerprint density at radius 2 is 1.65 bits per heavy atom. The molecule has 0 fully saturated rings. The lowest BCUT2D eigenvalue weighted by Crippen LogP contribution is -2.22. The van der Waals surface area contributed by atoms with E-state index in [1.54, 1.807) is 0 Å². The first-order chi connectivity index (χ1) is 11.0. The summed E-state index contributed by atoms with van der Waals surface area (Å²) in [6.45, 7) is 4.17. The molecule has 0 aliphatic heterocycles. The smallest absolute Gasteiger partial charge is 0.243 e. The average molecular weight is 318 g/mol. The lowest BCUT2D eigenvalue weighted by molar-refractivity contribution is -0.114. The average Bonchev–Trinajstić information content (AvgIpc) is 2.55. The molecular weight excluding hydrogens is 298 g/mol. The van der Waals surface area contributed by atoms with E-state index in [4.69, 9.17) is 0 Å². The highest BCUT2D eigenvalue weighted by atomic mass is 19.2. The SMILES string of the molecule is CCc1cccc(CC)c1NCC(=O)Nc1ccc(F)c(F)c1. The van der Waals surface area contributed by atoms with Crippen LogP contribution in [0.3, 0.4) is 0 Å². The van der Waals surface area contributed by atoms with Gasteiger partial charge in [-0.15, -0.1) is 0 Å². The number of amides is 1. The zero-order valence-corrected chi connectivity index (χ0v) is 13.2. The number of carbonyl (C=O) groups excluding carboxylic acids is 1. The van der Waals surface area contributed by atoms with Gasteiger partial charge in [-0.05, 0) is 36.1 Å². The second-order valence-corrected chi connectivity index (χ2v) is 5.19. The van der Waals surface area contributed by atoms with Gasteiger partial charge in [-0.2, -0.15) is 0 Å². The van der Waals surface area contributed by atoms with Crippen molar-refractivity contribution in [2.75, 3.05) is 17.2 Å². The van der Waals surface area contributed by atoms with Gasteiger partial charge in [0, 0.05) is 17.4 Å². The van der Waals surface area contributed by atoms with Gasteiger partial charge >= 0.3 is 0 Å². The number of rotatable bonds is 6. The first kappa shape index (κ1) is 16.9. The summed E-state index contributed by atoms with van der Waals surface area (Å²) in [6.07, 6.45) is 1.72. The molecule has 23 heavy (non-hydrogen) atoms. The van der Waals surface area contributed by atoms with Crippen LogP contribution in [-0.2, 0) is 17.6 Å². The van der Waals surface area contributed by atoms with Gasteiger partial charge in [-0.25, -0.2) is 8.78 Å². The number of anilines is 2. The molecule has 2 aromatic rings. The van der Waals surface area contributed by atoms with Crippen LogP contribution < -0.4 is 10.6 Å². The van der Waals surface area contributed by atoms with Crippen molar-refractivity contribution in [3.05, 3.63) is 59.2 Å². The van der Waals surface area contributed by atoms with E-state index in [9.17, 15) is 13.6 Å². The van der Waals surface area contributed by atoms with E-state index in [2.05, 4.69) is 24.5 Å². The number of hydrogen-bond acceptors (Lipinski definition) is 2. The Morgan fingerprint density at radius 1 is 1.00 bits per heavy atom. The molecule has 0 heterocycles. The summed E-state index contributed by atoms with van der Waals surface area (Å²) in [6, 6.07) is 9.33. The molecule has 5 heteroatoms. The molecule has 2 aromatic carbocycles. The van der Waals surface area contributed by atoms with Gasteiger partial charge in [0.25, 0.3) is 0 Å². The van der Waals surface area contributed by atoms with Gasteiger partial charge in [0.05, 0.1) is 6.54 Å². The first-order valence-corrected chi connectivity index (χ1v) is 7.64. The molecule has 122 valence electrons. The molecule has 0 aliphatic rings. The third-order valence-corrected chi connectivity index (χ3v) is 3.63. The van der Waals surface area contributed by atoms with E-state index < -0.39 is 11.6 Å². The Labute approximate surface area is 134 Å². The van der Waals surface area contributed by atoms with Crippen molar-refractivity contribution in [1.29, 1.82) is 0 Å². The normalized spacial score (nSPS) is 10.4. The van der Waals surface area contributed by atoms with Crippen molar-refractivity contribution in [1.82, 2.24) is 0 Å². The highest BCUT2D eigenvalue weighted by Crippen LogP contribution is 2.22. The van der Waals surface area contributed by atoms with Crippen LogP contribution in [0.1, 0.15) is 25.0 Å². The van der Waals surface area contributed by atoms with Crippen molar-refractivity contribution < 1.29 is 13.6 Å². The van der Waals surface area contributed by atoms with Crippen LogP contribution >= 0.6 is 0 Å². The predicted octanol–water partition coefficient (Wildman–Crippen LogP) is 4.14. The van der Waals surface area contributed by atoms with E-state index in [1.165, 1.54) is 6.07 Å². The predicted molar refractivity (Wildman–Crippen MR) is 88.7 cm³/mol. The van der Waals surface area contributed by atoms with E-state index >= 15 is 0 Å². The fraction of sp³-hybridized carbons (Fsp3) is 0.278. The third-order valence-electron chi connectivity index (χ3n) is 3.63. The molecule has 3 nitrogen and oxygen atoms in total. The molecule has 1 amide bonds. The molecule has 0 bridgehead atoms. The van der Waals surface area contributed by atoms with Gasteiger partial charge in [0.2, 0.25) is 5.91 Å². The number of carbonyl (C=O) groups is 1. The topological polar surface area (TPSA) is 41.1 Å². The van der Waals surface area contributed by atoms with Crippen molar-refractivity contribution >= 4 is 17.3 Å². The van der Waals surface area contributed by atoms with Gasteiger partial charge in [0.15, 0.2) is 11.6 Å². The summed E-state index contributed by atoms with van der Waals surface area (Å²) in [4.78, 5) is 12.0. The zero-order valence-electron chi connectivity index (χ0n) is 13.2. The first-order valence-electron chi connectivity index (χ1n) is 7.64. The Hall–Kier alpha value is -2.43. The van der Waals surface area contributed by atoms with Gasteiger partial charge in [0.1, 0.15) is 0 Å². The van der Waals surface area contributed by atoms with E-state index in [1.807, 2.05) is 18.2 Å². The fourth-order valence-electron chi connectivity index (χ4n) is 2.42. The number of nitrogens with one attached hydrogen (secondary N) is 2. The Kier molecular flexibility index (Phi) is 5.68. The van der Waals surface area contributed by atoms with Gasteiger partial charge < -0.3 is 10.6 Å². The monoisotopic (exact) mass is 318 g/mol. The number of halogens is 2. The standard InChI is InChI=1S/C18H20F2N2O/c1-3-12-6-5-7-13(4-2)18(12)21-11-17(23)22-14-8-9-15(19)16(20)10-14/h5-10,21H,3-4,11H2,1-2H3,(H,22,23). The molecule has 0 radical (unpaired) electrons. The highest BCUT2D eigenvalue weighted by Gasteiger charge is 2.09. The second kappa shape index (κ2) is 7.72. The minimum atomic E-state index is -0.986. The van der Waals surface area contributed by atoms with Crippen molar-refractivity contribution in [3.63, 3.8) is 0 Å². The Bertz CT molecular complexity index is 679. The molecule has 2 N–H and O–H groups in total. The summed E-state index contributed by atoms with van der Waals surface area (Å²) in [7, 11) is 0. The van der Waals surface area contributed by atoms with Crippen LogP contribution in [0.15, 0.2) is 36.4 Å². The van der Waals surface area contributed by atoms with E-state index in [0.29, 0.717) is 0 Å². The third kappa shape index (κ3) is 4.28. The molecule has 0 aliphatic carbocycles. The highest BCUT2D eigenvalue weighted by molar-refractivity contribution is 5.93. The second-order valence-electron chi connectivity index (χ2n) is 5.19. The molecule has 0 saturated heterocycles. The molecule has 0 spiro atoms. The van der Waals surface area contributed by atoms with Gasteiger partial charge in [-0.1, -0.05) is 32.0 Å². The number of para-hydroxylation sites is 1. The maximum absolute atomic E-state index is 13.1. The molecule has 0 atom stereocenters. The number of benzene rings is 2. The molecule has 0 saturated carbocycles. The minimum Gasteiger partial charge on any atom is -0.376 e. The molecular formula is C18H20F2N2O. The summed E-state index contributed by atoms with van der Waals surface area (Å²) in [5, 5.41) is 5.70. The fourth-order valence-corrected chi connectivity index (χ4v) is 2.42. The summed E-state index contributed by atoms with van der Waals surface area (Å²) in [5.74, 6) is -2.24. The molecule has 0 aromatic heterocycles. The lowest BCUT2D eigenvalue weighted by Gasteiger charge is -2.15. The molecule has 2 rings (SSSR count). The number of hydrogen-bond donors (Lipinski definition) is 2. The quantitative estimate of drug-likeness (QED) is 0.840. The van der Waals surface area contributed by atoms with Crippen LogP contribution in [0, 0.1) is 11.6 Å². The lowest BCUT2D eigenvalue weighted by atomic mass is 10.0. The zero-order chi connectivity index (χ0) is 16.8. The maximum Gasteiger partial charge on any atom is 0.243 e. The van der Waals surface area contributed by atoms with E-state index in [-0.39, 0.29) is 18.1 Å². The van der Waals surface area contributed by atoms with Crippen LogP contribution in [0.25, 0.3) is 0 Å². The minimum absolute atomic E-state index is 0.0585. The number of aryl methyl sites for hydroxylation is 2. The van der Waals surface area contributed by atoms with Crippen LogP contribution in [0.2, 0.25) is 0 Å². The summed E-state index contributed by atoms with van der Waals surface area (Å²) >= 11 is 0. The van der Waals surface area contributed by atoms with E-state index in [0.717, 1.165) is 41.8 Å². The van der Waals surface area contributed by atoms with Crippen LogP contribution in [0.4, 0.5) is 20.2 Å². The van der Waals surface area contributed by atoms with Crippen molar-refractivity contribution in [3.8, 4) is 0 Å².